The Labute approximate surface area is 93.2 Å². The lowest BCUT2D eigenvalue weighted by molar-refractivity contribution is 0.174. The number of benzene rings is 1. The minimum Gasteiger partial charge on any atom is -0.388 e. The highest BCUT2D eigenvalue weighted by atomic mass is 28.3. The summed E-state index contributed by atoms with van der Waals surface area (Å²) in [7, 11) is -1.03. The van der Waals surface area contributed by atoms with Crippen molar-refractivity contribution in [2.45, 2.75) is 44.1 Å². The molecule has 2 unspecified atom stereocenters. The summed E-state index contributed by atoms with van der Waals surface area (Å²) in [6, 6.07) is 9.68. The molecule has 1 aliphatic rings. The lowest BCUT2D eigenvalue weighted by atomic mass is 10.0. The normalized spacial score (nSPS) is 25.3. The number of fused-ring (bicyclic) bond motifs is 1. The monoisotopic (exact) mass is 220 g/mol. The van der Waals surface area contributed by atoms with E-state index in [1.165, 1.54) is 17.2 Å². The molecule has 0 saturated carbocycles. The van der Waals surface area contributed by atoms with Gasteiger partial charge < -0.3 is 5.11 Å². The van der Waals surface area contributed by atoms with Crippen LogP contribution in [0.15, 0.2) is 24.3 Å². The Hall–Kier alpha value is -0.603. The predicted molar refractivity (Wildman–Crippen MR) is 66.9 cm³/mol. The van der Waals surface area contributed by atoms with Crippen molar-refractivity contribution < 1.29 is 5.11 Å². The second-order valence-electron chi connectivity index (χ2n) is 5.84. The maximum atomic E-state index is 9.96. The first-order valence-corrected chi connectivity index (χ1v) is 9.45. The van der Waals surface area contributed by atoms with Crippen LogP contribution in [0, 0.1) is 0 Å². The van der Waals surface area contributed by atoms with Crippen LogP contribution in [0.4, 0.5) is 0 Å². The summed E-state index contributed by atoms with van der Waals surface area (Å²) >= 11 is 0. The van der Waals surface area contributed by atoms with Crippen molar-refractivity contribution in [3.63, 3.8) is 0 Å². The molecule has 2 heteroatoms. The quantitative estimate of drug-likeness (QED) is 0.756. The topological polar surface area (TPSA) is 20.2 Å². The van der Waals surface area contributed by atoms with Gasteiger partial charge in [0, 0.05) is 8.07 Å². The number of rotatable bonds is 2. The van der Waals surface area contributed by atoms with E-state index in [0.717, 1.165) is 6.42 Å². The smallest absolute Gasteiger partial charge is 0.0798 e. The van der Waals surface area contributed by atoms with Crippen LogP contribution in [0.2, 0.25) is 25.7 Å². The Morgan fingerprint density at radius 1 is 1.20 bits per heavy atom. The second kappa shape index (κ2) is 3.76. The van der Waals surface area contributed by atoms with Crippen LogP contribution in [0.3, 0.4) is 0 Å². The lowest BCUT2D eigenvalue weighted by Crippen LogP contribution is -2.22. The first kappa shape index (κ1) is 10.9. The van der Waals surface area contributed by atoms with Gasteiger partial charge in [0.1, 0.15) is 0 Å². The van der Waals surface area contributed by atoms with Crippen molar-refractivity contribution in [1.82, 2.24) is 0 Å². The van der Waals surface area contributed by atoms with Gasteiger partial charge in [-0.1, -0.05) is 50.0 Å². The zero-order valence-electron chi connectivity index (χ0n) is 9.83. The van der Waals surface area contributed by atoms with Crippen LogP contribution in [-0.4, -0.2) is 13.2 Å². The van der Waals surface area contributed by atoms with Crippen molar-refractivity contribution in [2.75, 3.05) is 0 Å². The van der Waals surface area contributed by atoms with Crippen LogP contribution in [-0.2, 0) is 0 Å². The molecule has 0 aliphatic heterocycles. The van der Waals surface area contributed by atoms with Crippen molar-refractivity contribution in [1.29, 1.82) is 0 Å². The molecule has 0 fully saturated rings. The largest absolute Gasteiger partial charge is 0.388 e. The molecule has 1 N–H and O–H groups in total. The third kappa shape index (κ3) is 2.32. The summed E-state index contributed by atoms with van der Waals surface area (Å²) < 4.78 is 0. The molecule has 1 nitrogen and oxygen atoms in total. The SMILES string of the molecule is C[Si](C)(C)CC1CC(O)c2ccccc21. The standard InChI is InChI=1S/C13H20OSi/c1-15(2,3)9-10-8-13(14)12-7-5-4-6-11(10)12/h4-7,10,13-14H,8-9H2,1-3H3. The number of hydrogen-bond donors (Lipinski definition) is 1. The molecular weight excluding hydrogens is 200 g/mol. The maximum absolute atomic E-state index is 9.96. The molecule has 0 aromatic heterocycles. The Bertz CT molecular complexity index is 354. The minimum atomic E-state index is -1.03. The molecule has 1 aliphatic carbocycles. The third-order valence-corrected chi connectivity index (χ3v) is 4.88. The lowest BCUT2D eigenvalue weighted by Gasteiger charge is -2.21. The molecule has 0 saturated heterocycles. The molecule has 2 rings (SSSR count). The zero-order valence-corrected chi connectivity index (χ0v) is 10.8. The van der Waals surface area contributed by atoms with Crippen LogP contribution in [0.5, 0.6) is 0 Å². The van der Waals surface area contributed by atoms with Gasteiger partial charge in [0.2, 0.25) is 0 Å². The van der Waals surface area contributed by atoms with E-state index in [4.69, 9.17) is 0 Å². The molecule has 1 aromatic rings. The molecular formula is C13H20OSi. The fourth-order valence-corrected chi connectivity index (χ4v) is 4.51. The van der Waals surface area contributed by atoms with E-state index in [9.17, 15) is 5.11 Å². The van der Waals surface area contributed by atoms with E-state index < -0.39 is 8.07 Å². The van der Waals surface area contributed by atoms with Gasteiger partial charge in [-0.2, -0.15) is 0 Å². The Morgan fingerprint density at radius 2 is 1.80 bits per heavy atom. The van der Waals surface area contributed by atoms with Gasteiger partial charge in [-0.05, 0) is 23.5 Å². The molecule has 0 spiro atoms. The van der Waals surface area contributed by atoms with Gasteiger partial charge in [-0.25, -0.2) is 0 Å². The van der Waals surface area contributed by atoms with Crippen molar-refractivity contribution in [3.8, 4) is 0 Å². The maximum Gasteiger partial charge on any atom is 0.0798 e. The summed E-state index contributed by atoms with van der Waals surface area (Å²) in [5, 5.41) is 9.96. The van der Waals surface area contributed by atoms with Gasteiger partial charge in [0.15, 0.2) is 0 Å². The van der Waals surface area contributed by atoms with Gasteiger partial charge >= 0.3 is 0 Å². The number of aliphatic hydroxyl groups is 1. The van der Waals surface area contributed by atoms with Crippen molar-refractivity contribution >= 4 is 8.07 Å². The fraction of sp³-hybridized carbons (Fsp3) is 0.538. The minimum absolute atomic E-state index is 0.220. The summed E-state index contributed by atoms with van der Waals surface area (Å²) in [4.78, 5) is 0. The van der Waals surface area contributed by atoms with Crippen molar-refractivity contribution in [2.24, 2.45) is 0 Å². The third-order valence-electron chi connectivity index (χ3n) is 3.16. The van der Waals surface area contributed by atoms with Gasteiger partial charge in [0.25, 0.3) is 0 Å². The Morgan fingerprint density at radius 3 is 2.40 bits per heavy atom. The van der Waals surface area contributed by atoms with E-state index in [1.807, 2.05) is 6.07 Å². The van der Waals surface area contributed by atoms with Crippen LogP contribution < -0.4 is 0 Å². The predicted octanol–water partition coefficient (Wildman–Crippen LogP) is 3.55. The number of hydrogen-bond acceptors (Lipinski definition) is 1. The number of aliphatic hydroxyl groups excluding tert-OH is 1. The first-order valence-electron chi connectivity index (χ1n) is 5.74. The van der Waals surface area contributed by atoms with Crippen molar-refractivity contribution in [3.05, 3.63) is 35.4 Å². The van der Waals surface area contributed by atoms with E-state index in [2.05, 4.69) is 37.8 Å². The summed E-state index contributed by atoms with van der Waals surface area (Å²) in [6.07, 6.45) is 0.714. The van der Waals surface area contributed by atoms with E-state index in [0.29, 0.717) is 5.92 Å². The fourth-order valence-electron chi connectivity index (χ4n) is 2.64. The van der Waals surface area contributed by atoms with E-state index in [1.54, 1.807) is 0 Å². The Balaban J connectivity index is 2.25. The molecule has 0 bridgehead atoms. The van der Waals surface area contributed by atoms with E-state index >= 15 is 0 Å². The molecule has 0 radical (unpaired) electrons. The first-order chi connectivity index (χ1) is 6.97. The van der Waals surface area contributed by atoms with Gasteiger partial charge in [0.05, 0.1) is 6.10 Å². The summed E-state index contributed by atoms with van der Waals surface area (Å²) in [6.45, 7) is 7.21. The summed E-state index contributed by atoms with van der Waals surface area (Å²) in [5.41, 5.74) is 2.56. The highest BCUT2D eigenvalue weighted by Gasteiger charge is 2.32. The van der Waals surface area contributed by atoms with Crippen LogP contribution in [0.1, 0.15) is 29.6 Å². The van der Waals surface area contributed by atoms with Crippen LogP contribution in [0.25, 0.3) is 0 Å². The molecule has 1 aromatic carbocycles. The zero-order chi connectivity index (χ0) is 11.1. The molecule has 15 heavy (non-hydrogen) atoms. The molecule has 0 amide bonds. The highest BCUT2D eigenvalue weighted by Crippen LogP contribution is 2.43. The average Bonchev–Trinajstić information content (AvgIpc) is 2.42. The Kier molecular flexibility index (Phi) is 2.73. The molecule has 0 heterocycles. The van der Waals surface area contributed by atoms with Gasteiger partial charge in [-0.15, -0.1) is 0 Å². The molecule has 2 atom stereocenters. The van der Waals surface area contributed by atoms with Gasteiger partial charge in [-0.3, -0.25) is 0 Å². The summed E-state index contributed by atoms with van der Waals surface area (Å²) in [5.74, 6) is 0.600. The second-order valence-corrected chi connectivity index (χ2v) is 11.4. The van der Waals surface area contributed by atoms with E-state index in [-0.39, 0.29) is 6.10 Å². The highest BCUT2D eigenvalue weighted by molar-refractivity contribution is 6.76. The molecule has 82 valence electrons. The van der Waals surface area contributed by atoms with Crippen LogP contribution >= 0.6 is 0 Å². The average molecular weight is 220 g/mol.